The fourth-order valence-corrected chi connectivity index (χ4v) is 2.17. The molecule has 3 aromatic rings. The van der Waals surface area contributed by atoms with Crippen LogP contribution in [-0.4, -0.2) is 5.16 Å². The monoisotopic (exact) mass is 294 g/mol. The Morgan fingerprint density at radius 1 is 1.11 bits per heavy atom. The number of benzene rings is 1. The lowest BCUT2D eigenvalue weighted by Gasteiger charge is -2.01. The van der Waals surface area contributed by atoms with Crippen LogP contribution in [0.25, 0.3) is 22.6 Å². The van der Waals surface area contributed by atoms with Crippen molar-refractivity contribution in [3.8, 4) is 22.6 Å². The second-order valence-corrected chi connectivity index (χ2v) is 4.69. The van der Waals surface area contributed by atoms with Gasteiger partial charge in [0.2, 0.25) is 5.88 Å². The number of nitrogens with two attached hydrogens (primary N) is 1. The highest BCUT2D eigenvalue weighted by Crippen LogP contribution is 2.38. The smallest absolute Gasteiger partial charge is 0.230 e. The number of aromatic nitrogens is 1. The van der Waals surface area contributed by atoms with E-state index in [1.54, 1.807) is 24.3 Å². The van der Waals surface area contributed by atoms with Gasteiger partial charge in [0.15, 0.2) is 16.7 Å². The molecular formula is C13H8Cl2N2O2. The maximum atomic E-state index is 5.98. The number of hydrogen-bond donors (Lipinski definition) is 1. The van der Waals surface area contributed by atoms with Gasteiger partial charge >= 0.3 is 0 Å². The molecule has 0 spiro atoms. The van der Waals surface area contributed by atoms with Crippen molar-refractivity contribution in [3.63, 3.8) is 0 Å². The maximum absolute atomic E-state index is 5.98. The molecule has 0 aliphatic heterocycles. The third-order valence-electron chi connectivity index (χ3n) is 2.64. The first kappa shape index (κ1) is 12.1. The molecule has 0 atom stereocenters. The summed E-state index contributed by atoms with van der Waals surface area (Å²) in [6.45, 7) is 0. The molecule has 0 fully saturated rings. The molecule has 96 valence electrons. The molecule has 3 rings (SSSR count). The largest absolute Gasteiger partial charge is 0.443 e. The van der Waals surface area contributed by atoms with Crippen molar-refractivity contribution in [1.29, 1.82) is 0 Å². The number of anilines is 1. The molecule has 2 N–H and O–H groups in total. The van der Waals surface area contributed by atoms with Crippen LogP contribution in [0.5, 0.6) is 0 Å². The summed E-state index contributed by atoms with van der Waals surface area (Å²) in [6.07, 6.45) is 0. The van der Waals surface area contributed by atoms with Gasteiger partial charge in [-0.15, -0.1) is 0 Å². The summed E-state index contributed by atoms with van der Waals surface area (Å²) in [6, 6.07) is 10.6. The molecule has 2 aromatic heterocycles. The van der Waals surface area contributed by atoms with E-state index in [4.69, 9.17) is 37.9 Å². The minimum atomic E-state index is 0.199. The van der Waals surface area contributed by atoms with E-state index >= 15 is 0 Å². The Morgan fingerprint density at radius 3 is 2.63 bits per heavy atom. The van der Waals surface area contributed by atoms with Gasteiger partial charge in [-0.3, -0.25) is 0 Å². The van der Waals surface area contributed by atoms with Crippen LogP contribution >= 0.6 is 23.2 Å². The molecule has 0 saturated heterocycles. The molecule has 0 saturated carbocycles. The first-order valence-electron chi connectivity index (χ1n) is 5.42. The van der Waals surface area contributed by atoms with Crippen molar-refractivity contribution >= 4 is 29.1 Å². The zero-order chi connectivity index (χ0) is 13.4. The molecule has 0 amide bonds. The van der Waals surface area contributed by atoms with Gasteiger partial charge in [-0.1, -0.05) is 28.9 Å². The Labute approximate surface area is 118 Å². The van der Waals surface area contributed by atoms with Gasteiger partial charge in [-0.25, -0.2) is 0 Å². The van der Waals surface area contributed by atoms with E-state index < -0.39 is 0 Å². The van der Waals surface area contributed by atoms with Crippen LogP contribution in [0.1, 0.15) is 0 Å². The van der Waals surface area contributed by atoms with Crippen LogP contribution < -0.4 is 5.73 Å². The zero-order valence-corrected chi connectivity index (χ0v) is 11.1. The van der Waals surface area contributed by atoms with Crippen LogP contribution in [0.15, 0.2) is 45.3 Å². The third kappa shape index (κ3) is 2.20. The van der Waals surface area contributed by atoms with E-state index in [9.17, 15) is 0 Å². The lowest BCUT2D eigenvalue weighted by molar-refractivity contribution is 0.436. The van der Waals surface area contributed by atoms with Gasteiger partial charge in [0, 0.05) is 5.02 Å². The lowest BCUT2D eigenvalue weighted by atomic mass is 10.0. The van der Waals surface area contributed by atoms with Crippen molar-refractivity contribution in [2.24, 2.45) is 0 Å². The van der Waals surface area contributed by atoms with E-state index in [0.29, 0.717) is 22.0 Å². The molecular weight excluding hydrogens is 287 g/mol. The standard InChI is InChI=1S/C13H8Cl2N2O2/c14-8-3-1-2-7(6-8)11-12(17-19-13(11)16)9-4-5-10(15)18-9/h1-6H,16H2. The molecule has 0 bridgehead atoms. The van der Waals surface area contributed by atoms with Crippen LogP contribution in [0, 0.1) is 0 Å². The molecule has 4 nitrogen and oxygen atoms in total. The van der Waals surface area contributed by atoms with E-state index in [1.807, 2.05) is 12.1 Å². The van der Waals surface area contributed by atoms with Gasteiger partial charge in [-0.05, 0) is 41.4 Å². The molecule has 0 unspecified atom stereocenters. The summed E-state index contributed by atoms with van der Waals surface area (Å²) in [4.78, 5) is 0. The van der Waals surface area contributed by atoms with E-state index in [0.717, 1.165) is 5.56 Å². The van der Waals surface area contributed by atoms with Crippen LogP contribution in [0.4, 0.5) is 5.88 Å². The Kier molecular flexibility index (Phi) is 2.97. The van der Waals surface area contributed by atoms with Crippen molar-refractivity contribution in [2.75, 3.05) is 5.73 Å². The predicted octanol–water partition coefficient (Wildman–Crippen LogP) is 4.49. The summed E-state index contributed by atoms with van der Waals surface area (Å²) in [5.74, 6) is 0.685. The molecule has 0 radical (unpaired) electrons. The second-order valence-electron chi connectivity index (χ2n) is 3.88. The van der Waals surface area contributed by atoms with E-state index in [2.05, 4.69) is 5.16 Å². The highest BCUT2D eigenvalue weighted by molar-refractivity contribution is 6.31. The highest BCUT2D eigenvalue weighted by atomic mass is 35.5. The molecule has 1 aromatic carbocycles. The molecule has 19 heavy (non-hydrogen) atoms. The molecule has 6 heteroatoms. The fourth-order valence-electron chi connectivity index (χ4n) is 1.84. The first-order valence-corrected chi connectivity index (χ1v) is 6.17. The Hall–Kier alpha value is -1.91. The van der Waals surface area contributed by atoms with E-state index in [1.165, 1.54) is 0 Å². The number of nitrogen functional groups attached to an aromatic ring is 1. The predicted molar refractivity (Wildman–Crippen MR) is 74.1 cm³/mol. The SMILES string of the molecule is Nc1onc(-c2ccc(Cl)o2)c1-c1cccc(Cl)c1. The average Bonchev–Trinajstić information content (AvgIpc) is 2.95. The summed E-state index contributed by atoms with van der Waals surface area (Å²) in [5.41, 5.74) is 7.75. The fraction of sp³-hybridized carbons (Fsp3) is 0. The van der Waals surface area contributed by atoms with Crippen molar-refractivity contribution in [2.45, 2.75) is 0 Å². The third-order valence-corrected chi connectivity index (χ3v) is 3.08. The zero-order valence-electron chi connectivity index (χ0n) is 9.56. The van der Waals surface area contributed by atoms with Crippen molar-refractivity contribution < 1.29 is 8.94 Å². The topological polar surface area (TPSA) is 65.2 Å². The minimum Gasteiger partial charge on any atom is -0.443 e. The number of rotatable bonds is 2. The maximum Gasteiger partial charge on any atom is 0.230 e. The summed E-state index contributed by atoms with van der Waals surface area (Å²) in [7, 11) is 0. The average molecular weight is 295 g/mol. The number of halogens is 2. The van der Waals surface area contributed by atoms with E-state index in [-0.39, 0.29) is 11.1 Å². The molecule has 0 aliphatic rings. The van der Waals surface area contributed by atoms with Crippen LogP contribution in [-0.2, 0) is 0 Å². The number of nitrogens with zero attached hydrogens (tertiary/aromatic N) is 1. The summed E-state index contributed by atoms with van der Waals surface area (Å²) in [5, 5.41) is 4.78. The number of furan rings is 1. The summed E-state index contributed by atoms with van der Waals surface area (Å²) < 4.78 is 10.4. The van der Waals surface area contributed by atoms with Crippen LogP contribution in [0.3, 0.4) is 0 Å². The van der Waals surface area contributed by atoms with Gasteiger partial charge in [-0.2, -0.15) is 0 Å². The Morgan fingerprint density at radius 2 is 1.95 bits per heavy atom. The molecule has 2 heterocycles. The summed E-state index contributed by atoms with van der Waals surface area (Å²) >= 11 is 11.7. The Balaban J connectivity index is 2.19. The number of hydrogen-bond acceptors (Lipinski definition) is 4. The van der Waals surface area contributed by atoms with Gasteiger partial charge in [0.25, 0.3) is 0 Å². The van der Waals surface area contributed by atoms with Gasteiger partial charge < -0.3 is 14.7 Å². The van der Waals surface area contributed by atoms with Crippen molar-refractivity contribution in [3.05, 3.63) is 46.6 Å². The van der Waals surface area contributed by atoms with Crippen molar-refractivity contribution in [1.82, 2.24) is 5.16 Å². The second kappa shape index (κ2) is 4.64. The lowest BCUT2D eigenvalue weighted by Crippen LogP contribution is -1.87. The first-order chi connectivity index (χ1) is 9.15. The van der Waals surface area contributed by atoms with Gasteiger partial charge in [0.05, 0.1) is 5.56 Å². The highest BCUT2D eigenvalue weighted by Gasteiger charge is 2.20. The van der Waals surface area contributed by atoms with Gasteiger partial charge in [0.1, 0.15) is 0 Å². The minimum absolute atomic E-state index is 0.199. The normalized spacial score (nSPS) is 10.8. The Bertz CT molecular complexity index is 734. The quantitative estimate of drug-likeness (QED) is 0.756. The molecule has 0 aliphatic carbocycles. The van der Waals surface area contributed by atoms with Crippen LogP contribution in [0.2, 0.25) is 10.2 Å².